The van der Waals surface area contributed by atoms with Crippen LogP contribution < -0.4 is 0 Å². The molecule has 5 heteroatoms. The Balaban J connectivity index is 0.000000645. The Morgan fingerprint density at radius 2 is 0.931 bits per heavy atom. The first kappa shape index (κ1) is 20.4. The third-order valence-corrected chi connectivity index (χ3v) is 4.63. The number of rotatable bonds is 2. The van der Waals surface area contributed by atoms with Crippen molar-refractivity contribution in [1.29, 1.82) is 0 Å². The Kier molecular flexibility index (Phi) is 6.84. The zero-order valence-corrected chi connectivity index (χ0v) is 19.9. The van der Waals surface area contributed by atoms with Crippen LogP contribution in [0.25, 0.3) is 10.8 Å². The topological polar surface area (TPSA) is 24.7 Å². The van der Waals surface area contributed by atoms with Crippen molar-refractivity contribution in [1.82, 2.24) is 0 Å². The molecule has 0 heterocycles. The minimum atomic E-state index is 0.575. The van der Waals surface area contributed by atoms with Gasteiger partial charge in [0.25, 0.3) is 0 Å². The zero-order valence-electron chi connectivity index (χ0n) is 15.2. The van der Waals surface area contributed by atoms with Crippen molar-refractivity contribution in [2.75, 3.05) is 0 Å². The van der Waals surface area contributed by atoms with Crippen molar-refractivity contribution in [3.8, 4) is 0 Å². The van der Waals surface area contributed by atoms with Crippen LogP contribution in [0.15, 0.2) is 107 Å². The van der Waals surface area contributed by atoms with Crippen LogP contribution in [0, 0.1) is 0 Å². The van der Waals surface area contributed by atoms with Crippen molar-refractivity contribution < 1.29 is 13.9 Å². The van der Waals surface area contributed by atoms with E-state index in [0.717, 1.165) is 33.9 Å². The summed E-state index contributed by atoms with van der Waals surface area (Å²) in [6.07, 6.45) is 0. The summed E-state index contributed by atoms with van der Waals surface area (Å²) in [7, 11) is 0. The average molecular weight is 599 g/mol. The van der Waals surface area contributed by atoms with Gasteiger partial charge in [-0.2, -0.15) is 0 Å². The van der Waals surface area contributed by atoms with Crippen LogP contribution in [0.5, 0.6) is 0 Å². The van der Waals surface area contributed by atoms with Gasteiger partial charge in [-0.05, 0) is 29.7 Å². The fourth-order valence-electron chi connectivity index (χ4n) is 3.48. The number of halogens is 2. The second-order valence-corrected chi connectivity index (χ2v) is 13.5. The molecule has 0 spiro atoms. The number of aliphatic imine (C=N–C) groups is 2. The van der Waals surface area contributed by atoms with Crippen molar-refractivity contribution in [2.45, 2.75) is 0 Å². The van der Waals surface area contributed by atoms with Gasteiger partial charge in [-0.1, -0.05) is 72.8 Å². The molecule has 0 saturated heterocycles. The largest absolute Gasteiger partial charge is 0.246 e. The molecular weight excluding hydrogens is 583 g/mol. The minimum absolute atomic E-state index is 0.575. The van der Waals surface area contributed by atoms with Crippen molar-refractivity contribution in [3.05, 3.63) is 108 Å². The maximum absolute atomic E-state index is 4.96. The second kappa shape index (κ2) is 9.74. The fourth-order valence-corrected chi connectivity index (χ4v) is 3.48. The van der Waals surface area contributed by atoms with Crippen LogP contribution in [0.1, 0.15) is 11.1 Å². The van der Waals surface area contributed by atoms with Gasteiger partial charge in [-0.3, -0.25) is 0 Å². The minimum Gasteiger partial charge on any atom is -0.246 e. The van der Waals surface area contributed by atoms with Crippen molar-refractivity contribution in [3.63, 3.8) is 0 Å². The molecule has 5 rings (SSSR count). The summed E-state index contributed by atoms with van der Waals surface area (Å²) < 4.78 is 0. The summed E-state index contributed by atoms with van der Waals surface area (Å²) in [5.74, 6) is 0. The summed E-state index contributed by atoms with van der Waals surface area (Å²) in [6.45, 7) is 0. The van der Waals surface area contributed by atoms with Crippen LogP contribution in [-0.2, 0) is 13.9 Å². The molecule has 0 bridgehead atoms. The molecule has 0 amide bonds. The molecule has 0 N–H and O–H groups in total. The number of nitrogens with zero attached hydrogens (tertiary/aromatic N) is 2. The molecule has 4 aromatic rings. The van der Waals surface area contributed by atoms with Gasteiger partial charge in [0.05, 0.1) is 22.8 Å². The molecule has 0 radical (unpaired) electrons. The molecule has 4 aromatic carbocycles. The van der Waals surface area contributed by atoms with E-state index < -0.39 is 0 Å². The van der Waals surface area contributed by atoms with Crippen LogP contribution in [0.4, 0.5) is 11.4 Å². The molecule has 0 unspecified atom stereocenters. The molecule has 0 aliphatic heterocycles. The quantitative estimate of drug-likeness (QED) is 0.211. The Morgan fingerprint density at radius 3 is 1.34 bits per heavy atom. The third kappa shape index (κ3) is 4.49. The van der Waals surface area contributed by atoms with E-state index in [1.165, 1.54) is 10.8 Å². The van der Waals surface area contributed by atoms with Crippen LogP contribution in [-0.4, -0.2) is 11.4 Å². The van der Waals surface area contributed by atoms with E-state index in [1.807, 2.05) is 60.7 Å². The Morgan fingerprint density at radius 1 is 0.517 bits per heavy atom. The molecule has 1 aliphatic rings. The van der Waals surface area contributed by atoms with Gasteiger partial charge < -0.3 is 0 Å². The molecule has 2 nitrogen and oxygen atoms in total. The first-order chi connectivity index (χ1) is 14.3. The third-order valence-electron chi connectivity index (χ3n) is 4.63. The van der Waals surface area contributed by atoms with Gasteiger partial charge in [0, 0.05) is 16.5 Å². The predicted octanol–water partition coefficient (Wildman–Crippen LogP) is 7.78. The van der Waals surface area contributed by atoms with Gasteiger partial charge in [0.15, 0.2) is 0 Å². The van der Waals surface area contributed by atoms with E-state index >= 15 is 0 Å². The molecule has 29 heavy (non-hydrogen) atoms. The molecule has 0 saturated carbocycles. The molecular formula is C24H16Br2N2Pd. The smallest absolute Gasteiger partial charge is 0.0978 e. The van der Waals surface area contributed by atoms with Gasteiger partial charge in [-0.15, -0.1) is 0 Å². The van der Waals surface area contributed by atoms with Crippen LogP contribution in [0.2, 0.25) is 0 Å². The van der Waals surface area contributed by atoms with Crippen molar-refractivity contribution in [2.24, 2.45) is 9.98 Å². The fraction of sp³-hybridized carbons (Fsp3) is 0. The summed E-state index contributed by atoms with van der Waals surface area (Å²) in [6, 6.07) is 32.9. The molecule has 0 fully saturated rings. The van der Waals surface area contributed by atoms with E-state index in [2.05, 4.69) is 63.3 Å². The second-order valence-electron chi connectivity index (χ2n) is 6.35. The maximum atomic E-state index is 4.96. The molecule has 0 atom stereocenters. The number of para-hydroxylation sites is 2. The van der Waals surface area contributed by atoms with E-state index in [0.29, 0.717) is 13.9 Å². The standard InChI is InChI=1S/C24H16N2.2BrH.Pd/c1-3-11-18(12-4-1)25-23-20-15-7-9-17-10-8-16-21(22(17)20)24(23)26-19-13-5-2-6-14-19;;;/h1-16H;2*1H;/q;;;+2/p-2. The summed E-state index contributed by atoms with van der Waals surface area (Å²) in [4.78, 5) is 9.92. The zero-order chi connectivity index (χ0) is 20.1. The van der Waals surface area contributed by atoms with E-state index in [-0.39, 0.29) is 0 Å². The number of hydrogen-bond acceptors (Lipinski definition) is 2. The number of benzene rings is 4. The summed E-state index contributed by atoms with van der Waals surface area (Å²) in [5.41, 5.74) is 6.05. The first-order valence-corrected chi connectivity index (χ1v) is 16.1. The van der Waals surface area contributed by atoms with Gasteiger partial charge in [-0.25, -0.2) is 9.98 Å². The van der Waals surface area contributed by atoms with E-state index in [4.69, 9.17) is 9.98 Å². The van der Waals surface area contributed by atoms with Gasteiger partial charge in [0.1, 0.15) is 0 Å². The Labute approximate surface area is 191 Å². The first-order valence-electron chi connectivity index (χ1n) is 8.94. The maximum Gasteiger partial charge on any atom is 0.0978 e. The van der Waals surface area contributed by atoms with Gasteiger partial charge in [0.2, 0.25) is 0 Å². The predicted molar refractivity (Wildman–Crippen MR) is 127 cm³/mol. The van der Waals surface area contributed by atoms with Gasteiger partial charge >= 0.3 is 40.8 Å². The van der Waals surface area contributed by atoms with E-state index in [1.54, 1.807) is 0 Å². The SMILES string of the molecule is [Br][Pd][Br].c1ccc(N=C2C(=Nc3ccccc3)c3cccc4cccc2c34)cc1. The normalized spacial score (nSPS) is 15.0. The molecule has 146 valence electrons. The Hall–Kier alpha value is -1.90. The van der Waals surface area contributed by atoms with Crippen LogP contribution in [0.3, 0.4) is 0 Å². The Bertz CT molecular complexity index is 1100. The average Bonchev–Trinajstić information content (AvgIpc) is 3.05. The molecule has 1 aliphatic carbocycles. The monoisotopic (exact) mass is 596 g/mol. The summed E-state index contributed by atoms with van der Waals surface area (Å²) in [5, 5.41) is 2.46. The van der Waals surface area contributed by atoms with Crippen molar-refractivity contribution >= 4 is 60.4 Å². The number of hydrogen-bond donors (Lipinski definition) is 0. The van der Waals surface area contributed by atoms with Crippen LogP contribution >= 0.6 is 26.9 Å². The molecule has 0 aromatic heterocycles. The summed E-state index contributed by atoms with van der Waals surface area (Å²) >= 11 is 6.80. The van der Waals surface area contributed by atoms with E-state index in [9.17, 15) is 0 Å².